The van der Waals surface area contributed by atoms with Gasteiger partial charge in [-0.05, 0) is 43.7 Å². The maximum atomic E-state index is 12.2. The minimum absolute atomic E-state index is 0.0118. The van der Waals surface area contributed by atoms with Gasteiger partial charge in [-0.2, -0.15) is 0 Å². The number of benzene rings is 1. The molecule has 0 heterocycles. The molecule has 5 N–H and O–H groups in total. The third-order valence-corrected chi connectivity index (χ3v) is 4.04. The van der Waals surface area contributed by atoms with Crippen molar-refractivity contribution >= 4 is 17.9 Å². The summed E-state index contributed by atoms with van der Waals surface area (Å²) in [5.41, 5.74) is 10.6. The molecule has 0 bridgehead atoms. The molecule has 1 saturated carbocycles. The van der Waals surface area contributed by atoms with Crippen LogP contribution < -0.4 is 16.2 Å². The molecule has 23 heavy (non-hydrogen) atoms. The maximum Gasteiger partial charge on any atom is 0.339 e. The summed E-state index contributed by atoms with van der Waals surface area (Å²) in [6, 6.07) is 6.14. The van der Waals surface area contributed by atoms with Crippen LogP contribution in [0.3, 0.4) is 0 Å². The minimum atomic E-state index is -1.12. The molecule has 1 fully saturated rings. The molecule has 0 amide bonds. The number of carboxylic acids is 1. The molecule has 0 unspecified atom stereocenters. The number of rotatable bonds is 5. The number of aromatic carboxylic acids is 1. The van der Waals surface area contributed by atoms with Crippen LogP contribution in [0.15, 0.2) is 29.3 Å². The third kappa shape index (κ3) is 4.70. The van der Waals surface area contributed by atoms with Crippen LogP contribution in [0.25, 0.3) is 0 Å². The van der Waals surface area contributed by atoms with Gasteiger partial charge in [0.15, 0.2) is 5.96 Å². The summed E-state index contributed by atoms with van der Waals surface area (Å²) in [6.07, 6.45) is 3.08. The van der Waals surface area contributed by atoms with Crippen molar-refractivity contribution in [3.8, 4) is 5.75 Å². The van der Waals surface area contributed by atoms with Crippen molar-refractivity contribution in [1.29, 1.82) is 0 Å². The number of hydrogen-bond donors (Lipinski definition) is 3. The first-order valence-electron chi connectivity index (χ1n) is 7.56. The highest BCUT2D eigenvalue weighted by molar-refractivity contribution is 5.92. The predicted molar refractivity (Wildman–Crippen MR) is 85.2 cm³/mol. The van der Waals surface area contributed by atoms with Gasteiger partial charge in [-0.1, -0.05) is 12.1 Å². The Labute approximate surface area is 134 Å². The summed E-state index contributed by atoms with van der Waals surface area (Å²) in [6.45, 7) is 0.575. The van der Waals surface area contributed by atoms with Gasteiger partial charge in [0.1, 0.15) is 11.3 Å². The van der Waals surface area contributed by atoms with E-state index in [1.807, 2.05) is 0 Å². The second-order valence-corrected chi connectivity index (χ2v) is 5.71. The van der Waals surface area contributed by atoms with Gasteiger partial charge in [-0.3, -0.25) is 9.79 Å². The van der Waals surface area contributed by atoms with Crippen LogP contribution in [0.1, 0.15) is 36.0 Å². The molecule has 124 valence electrons. The van der Waals surface area contributed by atoms with Crippen LogP contribution in [0, 0.1) is 11.8 Å². The number of aliphatic imine (C=N–C) groups is 1. The number of nitrogens with zero attached hydrogens (tertiary/aromatic N) is 1. The number of carbonyl (C=O) groups excluding carboxylic acids is 1. The highest BCUT2D eigenvalue weighted by Crippen LogP contribution is 2.30. The molecule has 0 aromatic heterocycles. The Kier molecular flexibility index (Phi) is 5.56. The summed E-state index contributed by atoms with van der Waals surface area (Å²) >= 11 is 0. The van der Waals surface area contributed by atoms with Crippen molar-refractivity contribution in [3.63, 3.8) is 0 Å². The summed E-state index contributed by atoms with van der Waals surface area (Å²) < 4.78 is 5.29. The standard InChI is InChI=1S/C16H21N3O4/c17-16(18)19-9-10-5-7-11(8-6-10)15(22)23-13-4-2-1-3-12(13)14(20)21/h1-4,10-11H,5-9H2,(H,20,21)(H4,17,18,19). The van der Waals surface area contributed by atoms with E-state index in [4.69, 9.17) is 21.3 Å². The molecule has 0 atom stereocenters. The number of carboxylic acid groups (broad SMARTS) is 1. The van der Waals surface area contributed by atoms with Gasteiger partial charge in [0, 0.05) is 6.54 Å². The van der Waals surface area contributed by atoms with Crippen molar-refractivity contribution in [2.45, 2.75) is 25.7 Å². The van der Waals surface area contributed by atoms with E-state index in [1.165, 1.54) is 12.1 Å². The Morgan fingerprint density at radius 1 is 1.17 bits per heavy atom. The molecular weight excluding hydrogens is 298 g/mol. The minimum Gasteiger partial charge on any atom is -0.478 e. The third-order valence-electron chi connectivity index (χ3n) is 4.04. The van der Waals surface area contributed by atoms with Crippen molar-refractivity contribution in [2.24, 2.45) is 28.3 Å². The van der Waals surface area contributed by atoms with E-state index in [9.17, 15) is 9.59 Å². The zero-order valence-corrected chi connectivity index (χ0v) is 12.8. The van der Waals surface area contributed by atoms with Gasteiger partial charge in [-0.25, -0.2) is 4.79 Å². The Bertz CT molecular complexity index is 603. The van der Waals surface area contributed by atoms with Crippen LogP contribution in [0.5, 0.6) is 5.75 Å². The first kappa shape index (κ1) is 16.8. The normalized spacial score (nSPS) is 20.5. The zero-order valence-electron chi connectivity index (χ0n) is 12.8. The van der Waals surface area contributed by atoms with E-state index in [-0.39, 0.29) is 29.2 Å². The van der Waals surface area contributed by atoms with Crippen molar-refractivity contribution in [2.75, 3.05) is 6.54 Å². The average Bonchev–Trinajstić information content (AvgIpc) is 2.53. The first-order valence-corrected chi connectivity index (χ1v) is 7.56. The van der Waals surface area contributed by atoms with Gasteiger partial charge in [0.05, 0.1) is 5.92 Å². The molecule has 2 rings (SSSR count). The van der Waals surface area contributed by atoms with Crippen LogP contribution in [0.2, 0.25) is 0 Å². The molecule has 0 aliphatic heterocycles. The fourth-order valence-electron chi connectivity index (χ4n) is 2.74. The van der Waals surface area contributed by atoms with E-state index in [2.05, 4.69) is 4.99 Å². The summed E-state index contributed by atoms with van der Waals surface area (Å²) in [5.74, 6) is -1.17. The predicted octanol–water partition coefficient (Wildman–Crippen LogP) is 1.37. The Balaban J connectivity index is 1.91. The van der Waals surface area contributed by atoms with E-state index >= 15 is 0 Å². The Morgan fingerprint density at radius 2 is 1.83 bits per heavy atom. The van der Waals surface area contributed by atoms with E-state index in [0.29, 0.717) is 25.3 Å². The van der Waals surface area contributed by atoms with Crippen molar-refractivity contribution in [1.82, 2.24) is 0 Å². The highest BCUT2D eigenvalue weighted by atomic mass is 16.5. The van der Waals surface area contributed by atoms with Gasteiger partial charge in [0.2, 0.25) is 0 Å². The average molecular weight is 319 g/mol. The number of hydrogen-bond acceptors (Lipinski definition) is 4. The molecule has 7 nitrogen and oxygen atoms in total. The summed E-state index contributed by atoms with van der Waals surface area (Å²) in [7, 11) is 0. The quantitative estimate of drug-likeness (QED) is 0.325. The number of esters is 1. The molecule has 0 radical (unpaired) electrons. The number of guanidine groups is 1. The monoisotopic (exact) mass is 319 g/mol. The Morgan fingerprint density at radius 3 is 2.43 bits per heavy atom. The van der Waals surface area contributed by atoms with Gasteiger partial charge in [0.25, 0.3) is 0 Å². The van der Waals surface area contributed by atoms with E-state index < -0.39 is 5.97 Å². The SMILES string of the molecule is NC(N)=NCC1CCC(C(=O)Oc2ccccc2C(=O)O)CC1. The van der Waals surface area contributed by atoms with E-state index in [0.717, 1.165) is 12.8 Å². The lowest BCUT2D eigenvalue weighted by Gasteiger charge is -2.26. The summed E-state index contributed by atoms with van der Waals surface area (Å²) in [5, 5.41) is 9.10. The van der Waals surface area contributed by atoms with Gasteiger partial charge in [-0.15, -0.1) is 0 Å². The smallest absolute Gasteiger partial charge is 0.339 e. The molecule has 7 heteroatoms. The van der Waals surface area contributed by atoms with Crippen LogP contribution >= 0.6 is 0 Å². The number of nitrogens with two attached hydrogens (primary N) is 2. The molecule has 1 aliphatic rings. The van der Waals surface area contributed by atoms with Crippen LogP contribution in [-0.2, 0) is 4.79 Å². The van der Waals surface area contributed by atoms with Gasteiger partial charge >= 0.3 is 11.9 Å². The molecule has 1 aromatic rings. The molecular formula is C16H21N3O4. The highest BCUT2D eigenvalue weighted by Gasteiger charge is 2.28. The fraction of sp³-hybridized carbons (Fsp3) is 0.438. The van der Waals surface area contributed by atoms with Gasteiger partial charge < -0.3 is 21.3 Å². The zero-order chi connectivity index (χ0) is 16.8. The second-order valence-electron chi connectivity index (χ2n) is 5.71. The molecule has 1 aliphatic carbocycles. The van der Waals surface area contributed by atoms with Crippen LogP contribution in [0.4, 0.5) is 0 Å². The number of ether oxygens (including phenoxy) is 1. The lowest BCUT2D eigenvalue weighted by molar-refractivity contribution is -0.140. The number of carbonyl (C=O) groups is 2. The van der Waals surface area contributed by atoms with E-state index in [1.54, 1.807) is 12.1 Å². The maximum absolute atomic E-state index is 12.2. The lowest BCUT2D eigenvalue weighted by atomic mass is 9.82. The Hall–Kier alpha value is -2.57. The fourth-order valence-corrected chi connectivity index (χ4v) is 2.74. The van der Waals surface area contributed by atoms with Crippen molar-refractivity contribution < 1.29 is 19.4 Å². The van der Waals surface area contributed by atoms with Crippen LogP contribution in [-0.4, -0.2) is 29.5 Å². The summed E-state index contributed by atoms with van der Waals surface area (Å²) in [4.78, 5) is 27.4. The van der Waals surface area contributed by atoms with Crippen molar-refractivity contribution in [3.05, 3.63) is 29.8 Å². The molecule has 0 spiro atoms. The second kappa shape index (κ2) is 7.62. The first-order chi connectivity index (χ1) is 11.0. The number of para-hydroxylation sites is 1. The molecule has 0 saturated heterocycles. The molecule has 1 aromatic carbocycles. The topological polar surface area (TPSA) is 128 Å². The lowest BCUT2D eigenvalue weighted by Crippen LogP contribution is -2.28. The largest absolute Gasteiger partial charge is 0.478 e.